The van der Waals surface area contributed by atoms with Gasteiger partial charge in [-0.1, -0.05) is 26.7 Å². The highest BCUT2D eigenvalue weighted by atomic mass is 16.5. The molecule has 0 amide bonds. The van der Waals surface area contributed by atoms with Crippen LogP contribution in [0.5, 0.6) is 0 Å². The minimum absolute atomic E-state index is 0.154. The van der Waals surface area contributed by atoms with Gasteiger partial charge < -0.3 is 15.2 Å². The van der Waals surface area contributed by atoms with Crippen LogP contribution in [0.4, 0.5) is 0 Å². The molecule has 0 radical (unpaired) electrons. The predicted molar refractivity (Wildman–Crippen MR) is 71.1 cm³/mol. The number of hydrogen-bond acceptors (Lipinski definition) is 3. The van der Waals surface area contributed by atoms with Crippen LogP contribution in [0.1, 0.15) is 53.4 Å². The molecule has 17 heavy (non-hydrogen) atoms. The topological polar surface area (TPSA) is 41.5 Å². The number of rotatable bonds is 9. The van der Waals surface area contributed by atoms with Crippen LogP contribution < -0.4 is 5.32 Å². The van der Waals surface area contributed by atoms with Crippen LogP contribution in [0.3, 0.4) is 0 Å². The molecule has 3 nitrogen and oxygen atoms in total. The van der Waals surface area contributed by atoms with Crippen molar-refractivity contribution in [1.29, 1.82) is 0 Å². The lowest BCUT2D eigenvalue weighted by Crippen LogP contribution is -2.51. The van der Waals surface area contributed by atoms with Gasteiger partial charge in [0.2, 0.25) is 0 Å². The summed E-state index contributed by atoms with van der Waals surface area (Å²) in [5.74, 6) is 0.931. The van der Waals surface area contributed by atoms with E-state index in [0.29, 0.717) is 6.04 Å². The number of hydrogen-bond donors (Lipinski definition) is 2. The van der Waals surface area contributed by atoms with Gasteiger partial charge in [-0.15, -0.1) is 0 Å². The Hall–Kier alpha value is -0.120. The molecule has 0 saturated heterocycles. The fourth-order valence-electron chi connectivity index (χ4n) is 2.40. The van der Waals surface area contributed by atoms with E-state index >= 15 is 0 Å². The van der Waals surface area contributed by atoms with E-state index in [1.807, 2.05) is 0 Å². The maximum absolute atomic E-state index is 9.49. The van der Waals surface area contributed by atoms with Gasteiger partial charge in [-0.25, -0.2) is 0 Å². The Kier molecular flexibility index (Phi) is 5.90. The van der Waals surface area contributed by atoms with Crippen molar-refractivity contribution >= 4 is 0 Å². The average Bonchev–Trinajstić information content (AvgIpc) is 3.00. The summed E-state index contributed by atoms with van der Waals surface area (Å²) in [4.78, 5) is 0. The highest BCUT2D eigenvalue weighted by Gasteiger charge is 2.27. The van der Waals surface area contributed by atoms with E-state index in [-0.39, 0.29) is 18.2 Å². The summed E-state index contributed by atoms with van der Waals surface area (Å²) in [6.07, 6.45) is 5.05. The Labute approximate surface area is 106 Å². The molecule has 0 aliphatic heterocycles. The zero-order valence-electron chi connectivity index (χ0n) is 11.8. The van der Waals surface area contributed by atoms with E-state index < -0.39 is 0 Å². The fourth-order valence-corrected chi connectivity index (χ4v) is 2.40. The van der Waals surface area contributed by atoms with Gasteiger partial charge in [-0.3, -0.25) is 0 Å². The van der Waals surface area contributed by atoms with Crippen LogP contribution in [0.25, 0.3) is 0 Å². The molecular weight excluding hydrogens is 214 g/mol. The highest BCUT2D eigenvalue weighted by Crippen LogP contribution is 2.32. The van der Waals surface area contributed by atoms with Crippen LogP contribution in [0.2, 0.25) is 0 Å². The van der Waals surface area contributed by atoms with Crippen molar-refractivity contribution in [3.05, 3.63) is 0 Å². The van der Waals surface area contributed by atoms with Crippen molar-refractivity contribution < 1.29 is 9.84 Å². The van der Waals surface area contributed by atoms with Gasteiger partial charge >= 0.3 is 0 Å². The first-order chi connectivity index (χ1) is 7.95. The molecule has 0 aromatic carbocycles. The molecule has 1 rings (SSSR count). The summed E-state index contributed by atoms with van der Waals surface area (Å²) in [7, 11) is 0. The van der Waals surface area contributed by atoms with Gasteiger partial charge in [0.25, 0.3) is 0 Å². The van der Waals surface area contributed by atoms with Gasteiger partial charge in [-0.2, -0.15) is 0 Å². The maximum Gasteiger partial charge on any atom is 0.0611 e. The molecule has 102 valence electrons. The van der Waals surface area contributed by atoms with Crippen molar-refractivity contribution in [3.8, 4) is 0 Å². The average molecular weight is 243 g/mol. The van der Waals surface area contributed by atoms with Crippen LogP contribution >= 0.6 is 0 Å². The molecule has 0 spiro atoms. The molecule has 1 aliphatic rings. The number of nitrogens with one attached hydrogen (secondary N) is 1. The lowest BCUT2D eigenvalue weighted by atomic mass is 9.95. The second kappa shape index (κ2) is 6.72. The van der Waals surface area contributed by atoms with Crippen molar-refractivity contribution in [2.24, 2.45) is 5.92 Å². The summed E-state index contributed by atoms with van der Waals surface area (Å²) >= 11 is 0. The quantitative estimate of drug-likeness (QED) is 0.653. The lowest BCUT2D eigenvalue weighted by molar-refractivity contribution is 0.0235. The maximum atomic E-state index is 9.49. The minimum Gasteiger partial charge on any atom is -0.394 e. The molecule has 2 atom stereocenters. The van der Waals surface area contributed by atoms with Crippen LogP contribution in [-0.2, 0) is 4.74 Å². The summed E-state index contributed by atoms with van der Waals surface area (Å²) in [6, 6.07) is 0.380. The molecule has 0 bridgehead atoms. The van der Waals surface area contributed by atoms with E-state index in [4.69, 9.17) is 4.74 Å². The Morgan fingerprint density at radius 1 is 1.35 bits per heavy atom. The summed E-state index contributed by atoms with van der Waals surface area (Å²) in [5, 5.41) is 12.9. The van der Waals surface area contributed by atoms with Crippen LogP contribution in [-0.4, -0.2) is 36.0 Å². The third kappa shape index (κ3) is 6.39. The number of ether oxygens (including phenoxy) is 1. The Bertz CT molecular complexity index is 216. The van der Waals surface area contributed by atoms with Gasteiger partial charge in [0, 0.05) is 18.2 Å². The molecule has 1 aliphatic carbocycles. The third-order valence-electron chi connectivity index (χ3n) is 3.35. The first-order valence-corrected chi connectivity index (χ1v) is 6.95. The number of aliphatic hydroxyl groups excluding tert-OH is 1. The normalized spacial score (nSPS) is 21.5. The second-order valence-electron chi connectivity index (χ2n) is 6.14. The van der Waals surface area contributed by atoms with Crippen LogP contribution in [0, 0.1) is 5.92 Å². The molecule has 2 unspecified atom stereocenters. The summed E-state index contributed by atoms with van der Waals surface area (Å²) in [6.45, 7) is 9.39. The Morgan fingerprint density at radius 2 is 2.00 bits per heavy atom. The summed E-state index contributed by atoms with van der Waals surface area (Å²) in [5.41, 5.74) is -0.229. The standard InChI is InChI=1S/C14H29NO2/c1-11(2)15-14(4,10-16)9-12(3)17-8-7-13-5-6-13/h11-13,15-16H,5-10H2,1-4H3. The smallest absolute Gasteiger partial charge is 0.0611 e. The zero-order chi connectivity index (χ0) is 12.9. The molecule has 1 fully saturated rings. The second-order valence-corrected chi connectivity index (χ2v) is 6.14. The first-order valence-electron chi connectivity index (χ1n) is 6.95. The predicted octanol–water partition coefficient (Wildman–Crippen LogP) is 2.33. The molecule has 2 N–H and O–H groups in total. The minimum atomic E-state index is -0.229. The highest BCUT2D eigenvalue weighted by molar-refractivity contribution is 4.86. The van der Waals surface area contributed by atoms with Crippen molar-refractivity contribution in [3.63, 3.8) is 0 Å². The molecule has 0 aromatic heterocycles. The molecule has 3 heteroatoms. The van der Waals surface area contributed by atoms with E-state index in [1.54, 1.807) is 0 Å². The van der Waals surface area contributed by atoms with E-state index in [0.717, 1.165) is 18.9 Å². The van der Waals surface area contributed by atoms with Gasteiger partial charge in [0.05, 0.1) is 12.7 Å². The van der Waals surface area contributed by atoms with E-state index in [9.17, 15) is 5.11 Å². The Balaban J connectivity index is 2.21. The lowest BCUT2D eigenvalue weighted by Gasteiger charge is -2.33. The SMILES string of the molecule is CC(C)NC(C)(CO)CC(C)OCCC1CC1. The van der Waals surface area contributed by atoms with Gasteiger partial charge in [-0.05, 0) is 32.6 Å². The number of aliphatic hydroxyl groups is 1. The monoisotopic (exact) mass is 243 g/mol. The van der Waals surface area contributed by atoms with Crippen molar-refractivity contribution in [2.75, 3.05) is 13.2 Å². The zero-order valence-corrected chi connectivity index (χ0v) is 11.8. The largest absolute Gasteiger partial charge is 0.394 e. The van der Waals surface area contributed by atoms with Crippen LogP contribution in [0.15, 0.2) is 0 Å². The summed E-state index contributed by atoms with van der Waals surface area (Å²) < 4.78 is 5.82. The van der Waals surface area contributed by atoms with E-state index in [1.165, 1.54) is 19.3 Å². The van der Waals surface area contributed by atoms with Gasteiger partial charge in [0.1, 0.15) is 0 Å². The Morgan fingerprint density at radius 3 is 2.47 bits per heavy atom. The van der Waals surface area contributed by atoms with Gasteiger partial charge in [0.15, 0.2) is 0 Å². The molecular formula is C14H29NO2. The molecule has 0 aromatic rings. The van der Waals surface area contributed by atoms with Crippen molar-refractivity contribution in [1.82, 2.24) is 5.32 Å². The van der Waals surface area contributed by atoms with E-state index in [2.05, 4.69) is 33.0 Å². The fraction of sp³-hybridized carbons (Fsp3) is 1.00. The first kappa shape index (κ1) is 14.9. The third-order valence-corrected chi connectivity index (χ3v) is 3.35. The molecule has 1 saturated carbocycles. The van der Waals surface area contributed by atoms with Crippen molar-refractivity contribution in [2.45, 2.75) is 71.1 Å². The molecule has 0 heterocycles.